The molecule has 0 fully saturated rings. The van der Waals surface area contributed by atoms with Crippen molar-refractivity contribution < 1.29 is 0 Å². The maximum atomic E-state index is 2.45. The molecule has 10 aromatic rings. The Bertz CT molecular complexity index is 2630. The zero-order valence-electron chi connectivity index (χ0n) is 25.7. The van der Waals surface area contributed by atoms with Crippen LogP contribution >= 0.6 is 0 Å². The van der Waals surface area contributed by atoms with Gasteiger partial charge in [-0.3, -0.25) is 0 Å². The monoisotopic (exact) mass is 595 g/mol. The van der Waals surface area contributed by atoms with E-state index in [1.54, 1.807) is 0 Å². The molecule has 0 bridgehead atoms. The molecule has 0 aliphatic heterocycles. The molecule has 0 aliphatic carbocycles. The molecule has 0 aliphatic rings. The van der Waals surface area contributed by atoms with Crippen molar-refractivity contribution in [2.24, 2.45) is 0 Å². The second-order valence-electron chi connectivity index (χ2n) is 12.5. The number of hydrogen-bond acceptors (Lipinski definition) is 1. The lowest BCUT2D eigenvalue weighted by Crippen LogP contribution is -2.10. The van der Waals surface area contributed by atoms with Gasteiger partial charge in [0.1, 0.15) is 0 Å². The van der Waals surface area contributed by atoms with Crippen LogP contribution in [0.5, 0.6) is 0 Å². The SMILES string of the molecule is c1ccc2c(N(c3ccc4c5ccccc5c5ccccc5c4c3)c3ccc4c5ccccc5c5ccccc5c4c3)cccc2c1. The summed E-state index contributed by atoms with van der Waals surface area (Å²) in [6.45, 7) is 0. The topological polar surface area (TPSA) is 3.24 Å². The van der Waals surface area contributed by atoms with Gasteiger partial charge >= 0.3 is 0 Å². The Hall–Kier alpha value is -6.18. The van der Waals surface area contributed by atoms with Crippen LogP contribution < -0.4 is 4.90 Å². The lowest BCUT2D eigenvalue weighted by Gasteiger charge is -2.28. The molecule has 0 aromatic heterocycles. The first-order chi connectivity index (χ1) is 23.3. The van der Waals surface area contributed by atoms with Crippen LogP contribution in [-0.4, -0.2) is 0 Å². The van der Waals surface area contributed by atoms with Crippen LogP contribution in [0.15, 0.2) is 176 Å². The van der Waals surface area contributed by atoms with E-state index in [4.69, 9.17) is 0 Å². The maximum absolute atomic E-state index is 2.45. The molecule has 218 valence electrons. The molecule has 10 aromatic carbocycles. The highest BCUT2D eigenvalue weighted by Crippen LogP contribution is 2.45. The highest BCUT2D eigenvalue weighted by Gasteiger charge is 2.19. The van der Waals surface area contributed by atoms with E-state index in [1.807, 2.05) is 0 Å². The van der Waals surface area contributed by atoms with Gasteiger partial charge in [-0.25, -0.2) is 0 Å². The van der Waals surface area contributed by atoms with E-state index < -0.39 is 0 Å². The van der Waals surface area contributed by atoms with Gasteiger partial charge in [0.15, 0.2) is 0 Å². The average molecular weight is 596 g/mol. The predicted molar refractivity (Wildman–Crippen MR) is 204 cm³/mol. The lowest BCUT2D eigenvalue weighted by atomic mass is 9.93. The van der Waals surface area contributed by atoms with Gasteiger partial charge in [0.25, 0.3) is 0 Å². The Labute approximate surface area is 272 Å². The molecule has 1 nitrogen and oxygen atoms in total. The standard InChI is InChI=1S/C46H29N/c1-2-14-33-30(12-1)13-11-23-46(33)47(31-24-26-42-38-19-5-3-15-34(38)36-17-7-9-21-40(36)44(42)28-31)32-25-27-43-39-20-6-4-16-35(39)37-18-8-10-22-41(37)45(43)29-32/h1-29H. The van der Waals surface area contributed by atoms with Crippen molar-refractivity contribution >= 4 is 92.5 Å². The number of anilines is 3. The summed E-state index contributed by atoms with van der Waals surface area (Å²) in [6, 6.07) is 64.6. The number of hydrogen-bond donors (Lipinski definition) is 0. The third-order valence-electron chi connectivity index (χ3n) is 9.98. The van der Waals surface area contributed by atoms with Gasteiger partial charge in [0.2, 0.25) is 0 Å². The first-order valence-corrected chi connectivity index (χ1v) is 16.3. The van der Waals surface area contributed by atoms with Crippen molar-refractivity contribution in [3.05, 3.63) is 176 Å². The van der Waals surface area contributed by atoms with E-state index in [2.05, 4.69) is 181 Å². The van der Waals surface area contributed by atoms with Gasteiger partial charge < -0.3 is 4.90 Å². The smallest absolute Gasteiger partial charge is 0.0540 e. The Balaban J connectivity index is 1.31. The van der Waals surface area contributed by atoms with Crippen LogP contribution in [0.4, 0.5) is 17.1 Å². The van der Waals surface area contributed by atoms with Crippen molar-refractivity contribution in [3.63, 3.8) is 0 Å². The third kappa shape index (κ3) is 3.90. The summed E-state index contributed by atoms with van der Waals surface area (Å²) in [6.07, 6.45) is 0. The third-order valence-corrected chi connectivity index (χ3v) is 9.98. The number of rotatable bonds is 3. The van der Waals surface area contributed by atoms with E-state index in [9.17, 15) is 0 Å². The molecule has 1 heteroatoms. The van der Waals surface area contributed by atoms with Crippen molar-refractivity contribution in [2.75, 3.05) is 4.90 Å². The number of fused-ring (bicyclic) bond motifs is 13. The summed E-state index contributed by atoms with van der Waals surface area (Å²) in [4.78, 5) is 2.45. The molecule has 0 heterocycles. The molecule has 0 saturated heterocycles. The Kier molecular flexibility index (Phi) is 5.64. The van der Waals surface area contributed by atoms with Crippen LogP contribution in [0.25, 0.3) is 75.4 Å². The number of nitrogens with zero attached hydrogens (tertiary/aromatic N) is 1. The van der Waals surface area contributed by atoms with Gasteiger partial charge in [0.05, 0.1) is 5.69 Å². The molecule has 0 atom stereocenters. The summed E-state index contributed by atoms with van der Waals surface area (Å²) in [5.41, 5.74) is 3.44. The van der Waals surface area contributed by atoms with Gasteiger partial charge in [-0.05, 0) is 100 Å². The van der Waals surface area contributed by atoms with Gasteiger partial charge in [-0.2, -0.15) is 0 Å². The summed E-state index contributed by atoms with van der Waals surface area (Å²) >= 11 is 0. The normalized spacial score (nSPS) is 11.8. The van der Waals surface area contributed by atoms with Crippen LogP contribution in [0, 0.1) is 0 Å². The minimum Gasteiger partial charge on any atom is -0.310 e. The minimum absolute atomic E-state index is 1.14. The van der Waals surface area contributed by atoms with Crippen LogP contribution in [-0.2, 0) is 0 Å². The molecule has 10 rings (SSSR count). The van der Waals surface area contributed by atoms with E-state index in [-0.39, 0.29) is 0 Å². The summed E-state index contributed by atoms with van der Waals surface area (Å²) in [5.74, 6) is 0. The molecular weight excluding hydrogens is 567 g/mol. The summed E-state index contributed by atoms with van der Waals surface area (Å²) in [7, 11) is 0. The highest BCUT2D eigenvalue weighted by molar-refractivity contribution is 6.27. The zero-order chi connectivity index (χ0) is 30.9. The van der Waals surface area contributed by atoms with E-state index in [1.165, 1.54) is 75.4 Å². The highest BCUT2D eigenvalue weighted by atomic mass is 15.1. The molecule has 0 spiro atoms. The van der Waals surface area contributed by atoms with Crippen molar-refractivity contribution in [3.8, 4) is 0 Å². The second-order valence-corrected chi connectivity index (χ2v) is 12.5. The quantitative estimate of drug-likeness (QED) is 0.184. The van der Waals surface area contributed by atoms with Gasteiger partial charge in [-0.1, -0.05) is 146 Å². The van der Waals surface area contributed by atoms with E-state index >= 15 is 0 Å². The minimum atomic E-state index is 1.14. The van der Waals surface area contributed by atoms with Crippen molar-refractivity contribution in [1.29, 1.82) is 0 Å². The summed E-state index contributed by atoms with van der Waals surface area (Å²) < 4.78 is 0. The molecule has 0 N–H and O–H groups in total. The Morgan fingerprint density at radius 3 is 0.979 bits per heavy atom. The fraction of sp³-hybridized carbons (Fsp3) is 0. The maximum Gasteiger partial charge on any atom is 0.0540 e. The summed E-state index contributed by atoms with van der Waals surface area (Å²) in [5, 5.41) is 17.8. The van der Waals surface area contributed by atoms with Crippen molar-refractivity contribution in [2.45, 2.75) is 0 Å². The fourth-order valence-corrected chi connectivity index (χ4v) is 7.90. The Morgan fingerprint density at radius 2 is 0.553 bits per heavy atom. The zero-order valence-corrected chi connectivity index (χ0v) is 25.7. The van der Waals surface area contributed by atoms with Crippen LogP contribution in [0.3, 0.4) is 0 Å². The van der Waals surface area contributed by atoms with Crippen LogP contribution in [0.1, 0.15) is 0 Å². The Morgan fingerprint density at radius 1 is 0.234 bits per heavy atom. The molecule has 0 saturated carbocycles. The van der Waals surface area contributed by atoms with Gasteiger partial charge in [0, 0.05) is 16.8 Å². The largest absolute Gasteiger partial charge is 0.310 e. The van der Waals surface area contributed by atoms with E-state index in [0.29, 0.717) is 0 Å². The van der Waals surface area contributed by atoms with Gasteiger partial charge in [-0.15, -0.1) is 0 Å². The molecule has 0 unspecified atom stereocenters. The molecule has 0 radical (unpaired) electrons. The first-order valence-electron chi connectivity index (χ1n) is 16.3. The second kappa shape index (κ2) is 10.2. The molecule has 0 amide bonds. The van der Waals surface area contributed by atoms with E-state index in [0.717, 1.165) is 17.1 Å². The number of benzene rings is 10. The average Bonchev–Trinajstić information content (AvgIpc) is 3.15. The predicted octanol–water partition coefficient (Wildman–Crippen LogP) is 13.2. The first kappa shape index (κ1) is 26.1. The van der Waals surface area contributed by atoms with Crippen LogP contribution in [0.2, 0.25) is 0 Å². The lowest BCUT2D eigenvalue weighted by molar-refractivity contribution is 1.31. The molecular formula is C46H29N. The molecule has 47 heavy (non-hydrogen) atoms. The van der Waals surface area contributed by atoms with Crippen molar-refractivity contribution in [1.82, 2.24) is 0 Å². The fourth-order valence-electron chi connectivity index (χ4n) is 7.90.